The summed E-state index contributed by atoms with van der Waals surface area (Å²) in [6.45, 7) is 24.2. The summed E-state index contributed by atoms with van der Waals surface area (Å²) in [5.41, 5.74) is 17.1. The predicted octanol–water partition coefficient (Wildman–Crippen LogP) is 17.2. The summed E-state index contributed by atoms with van der Waals surface area (Å²) in [6.07, 6.45) is 0. The number of para-hydroxylation sites is 4. The Labute approximate surface area is 394 Å². The molecule has 0 atom stereocenters. The molecule has 0 saturated carbocycles. The Kier molecular flexibility index (Phi) is 10.9. The fraction of sp³-hybridized carbons (Fsp3) is 0.161. The maximum atomic E-state index is 2.61. The van der Waals surface area contributed by atoms with Crippen molar-refractivity contribution >= 4 is 93.0 Å². The summed E-state index contributed by atoms with van der Waals surface area (Å²) < 4.78 is 0. The highest BCUT2D eigenvalue weighted by Crippen LogP contribution is 2.51. The van der Waals surface area contributed by atoms with Gasteiger partial charge >= 0.3 is 0 Å². The van der Waals surface area contributed by atoms with Crippen molar-refractivity contribution < 1.29 is 0 Å². The van der Waals surface area contributed by atoms with E-state index in [9.17, 15) is 0 Å². The minimum atomic E-state index is -1.99. The molecule has 0 amide bonds. The Bertz CT molecular complexity index is 3200. The van der Waals surface area contributed by atoms with Crippen LogP contribution < -0.4 is 20.2 Å². The van der Waals surface area contributed by atoms with E-state index >= 15 is 0 Å². The fourth-order valence-corrected chi connectivity index (χ4v) is 13.7. The van der Waals surface area contributed by atoms with Crippen molar-refractivity contribution in [2.45, 2.75) is 67.0 Å². The summed E-state index contributed by atoms with van der Waals surface area (Å²) in [5, 5.41) is 11.0. The first-order chi connectivity index (χ1) is 31.7. The van der Waals surface area contributed by atoms with E-state index < -0.39 is 16.1 Å². The maximum absolute atomic E-state index is 2.61. The zero-order chi connectivity index (χ0) is 46.1. The number of hydrogen-bond acceptors (Lipinski definition) is 2. The van der Waals surface area contributed by atoms with Gasteiger partial charge in [0.1, 0.15) is 0 Å². The molecule has 0 heterocycles. The van der Waals surface area contributed by atoms with Crippen molar-refractivity contribution in [3.63, 3.8) is 0 Å². The molecule has 0 unspecified atom stereocenters. The van der Waals surface area contributed by atoms with Gasteiger partial charge in [-0.15, -0.1) is 0 Å². The second-order valence-corrected chi connectivity index (χ2v) is 30.5. The smallest absolute Gasteiger partial charge is 0.0785 e. The van der Waals surface area contributed by atoms with Gasteiger partial charge in [-0.2, -0.15) is 0 Å². The lowest BCUT2D eigenvalue weighted by atomic mass is 9.90. The molecule has 326 valence electrons. The van der Waals surface area contributed by atoms with Crippen molar-refractivity contribution in [3.05, 3.63) is 204 Å². The van der Waals surface area contributed by atoms with Crippen LogP contribution in [0.3, 0.4) is 0 Å². The van der Waals surface area contributed by atoms with Crippen LogP contribution in [0.15, 0.2) is 182 Å². The van der Waals surface area contributed by atoms with Gasteiger partial charge in [0.2, 0.25) is 0 Å². The molecule has 0 aliphatic rings. The van der Waals surface area contributed by atoms with Gasteiger partial charge in [0, 0.05) is 33.3 Å². The van der Waals surface area contributed by atoms with Crippen molar-refractivity contribution in [1.29, 1.82) is 0 Å². The number of nitrogens with zero attached hydrogens (tertiary/aromatic N) is 2. The Balaban J connectivity index is 1.39. The van der Waals surface area contributed by atoms with Crippen LogP contribution in [0.2, 0.25) is 39.3 Å². The topological polar surface area (TPSA) is 6.48 Å². The van der Waals surface area contributed by atoms with Crippen molar-refractivity contribution in [2.75, 3.05) is 9.80 Å². The Morgan fingerprint density at radius 3 is 1.00 bits per heavy atom. The normalized spacial score (nSPS) is 12.1. The minimum Gasteiger partial charge on any atom is -0.309 e. The Morgan fingerprint density at radius 1 is 0.303 bits per heavy atom. The average molecular weight is 889 g/mol. The van der Waals surface area contributed by atoms with Crippen LogP contribution in [0, 0.1) is 27.7 Å². The predicted molar refractivity (Wildman–Crippen MR) is 295 cm³/mol. The van der Waals surface area contributed by atoms with Crippen LogP contribution in [-0.4, -0.2) is 16.1 Å². The Morgan fingerprint density at radius 2 is 0.636 bits per heavy atom. The molecule has 4 heteroatoms. The largest absolute Gasteiger partial charge is 0.309 e. The first kappa shape index (κ1) is 43.2. The number of hydrogen-bond donors (Lipinski definition) is 0. The maximum Gasteiger partial charge on any atom is 0.0785 e. The van der Waals surface area contributed by atoms with Gasteiger partial charge in [-0.05, 0) is 107 Å². The van der Waals surface area contributed by atoms with Crippen molar-refractivity contribution in [3.8, 4) is 22.3 Å². The molecule has 0 saturated heterocycles. The third kappa shape index (κ3) is 7.33. The molecular formula is C62H60N2Si2. The lowest BCUT2D eigenvalue weighted by Crippen LogP contribution is -2.39. The number of rotatable bonds is 10. The first-order valence-electron chi connectivity index (χ1n) is 23.5. The minimum absolute atomic E-state index is 1.20. The SMILES string of the molecule is Cc1ccccc1N(c1c(C)cccc1-c1ccccc1)c1cc([Si](C)(C)C)c2ccc3c(N(c4ccccc4C)c4c(C)cccc4-c4ccccc4)cc([Si](C)(C)C)c4ccc1c2c34. The summed E-state index contributed by atoms with van der Waals surface area (Å²) in [4.78, 5) is 5.23. The van der Waals surface area contributed by atoms with Crippen molar-refractivity contribution in [1.82, 2.24) is 0 Å². The molecule has 2 nitrogen and oxygen atoms in total. The molecule has 10 aromatic rings. The van der Waals surface area contributed by atoms with E-state index in [0.29, 0.717) is 0 Å². The van der Waals surface area contributed by atoms with Crippen molar-refractivity contribution in [2.24, 2.45) is 0 Å². The van der Waals surface area contributed by atoms with Crippen LogP contribution in [0.25, 0.3) is 54.6 Å². The second kappa shape index (κ2) is 16.6. The third-order valence-corrected chi connectivity index (χ3v) is 17.8. The monoisotopic (exact) mass is 888 g/mol. The molecule has 10 rings (SSSR count). The van der Waals surface area contributed by atoms with E-state index in [0.717, 1.165) is 0 Å². The third-order valence-electron chi connectivity index (χ3n) is 13.8. The molecule has 0 bridgehead atoms. The number of aryl methyl sites for hydroxylation is 4. The molecule has 10 aromatic carbocycles. The van der Waals surface area contributed by atoms with E-state index in [1.54, 1.807) is 0 Å². The lowest BCUT2D eigenvalue weighted by molar-refractivity contribution is 1.24. The van der Waals surface area contributed by atoms with E-state index in [-0.39, 0.29) is 0 Å². The van der Waals surface area contributed by atoms with E-state index in [1.807, 2.05) is 0 Å². The van der Waals surface area contributed by atoms with Gasteiger partial charge in [-0.25, -0.2) is 0 Å². The van der Waals surface area contributed by atoms with Gasteiger partial charge in [0.25, 0.3) is 0 Å². The van der Waals surface area contributed by atoms with Gasteiger partial charge < -0.3 is 9.80 Å². The van der Waals surface area contributed by atoms with Gasteiger partial charge in [0.15, 0.2) is 0 Å². The second-order valence-electron chi connectivity index (χ2n) is 20.4. The van der Waals surface area contributed by atoms with Crippen LogP contribution >= 0.6 is 0 Å². The van der Waals surface area contributed by atoms with Gasteiger partial charge in [-0.1, -0.05) is 207 Å². The highest BCUT2D eigenvalue weighted by Gasteiger charge is 2.32. The number of benzene rings is 10. The summed E-state index contributed by atoms with van der Waals surface area (Å²) >= 11 is 0. The molecule has 0 aromatic heterocycles. The molecule has 66 heavy (non-hydrogen) atoms. The summed E-state index contributed by atoms with van der Waals surface area (Å²) in [6, 6.07) is 68.4. The van der Waals surface area contributed by atoms with Gasteiger partial charge in [0.05, 0.1) is 38.9 Å². The van der Waals surface area contributed by atoms with Gasteiger partial charge in [-0.3, -0.25) is 0 Å². The van der Waals surface area contributed by atoms with Crippen LogP contribution in [-0.2, 0) is 0 Å². The average Bonchev–Trinajstić information content (AvgIpc) is 3.30. The van der Waals surface area contributed by atoms with E-state index in [2.05, 4.69) is 259 Å². The number of anilines is 6. The molecule has 0 fully saturated rings. The molecular weight excluding hydrogens is 829 g/mol. The zero-order valence-electron chi connectivity index (χ0n) is 40.2. The van der Waals surface area contributed by atoms with Crippen LogP contribution in [0.4, 0.5) is 34.1 Å². The van der Waals surface area contributed by atoms with E-state index in [4.69, 9.17) is 0 Å². The van der Waals surface area contributed by atoms with E-state index in [1.165, 1.54) is 121 Å². The fourth-order valence-electron chi connectivity index (χ4n) is 10.5. The molecule has 0 aliphatic heterocycles. The standard InChI is InChI=1S/C62H60N2Si2/c1-41-23-17-19-33-53(41)63(61-43(3)25-21-31-47(61)45-27-13-11-14-28-45)55-39-57(65(5,6)7)51-38-36-50-56(40-58(66(8,9)10)52-37-35-49(55)59(51)60(50)52)64(54-34-20-18-24-42(54)2)62-44(4)26-22-32-48(62)46-29-15-12-16-30-46/h11-40H,1-10H3. The Hall–Kier alpha value is -6.73. The lowest BCUT2D eigenvalue weighted by Gasteiger charge is -2.35. The summed E-state index contributed by atoms with van der Waals surface area (Å²) in [5.74, 6) is 0. The van der Waals surface area contributed by atoms with Crippen LogP contribution in [0.5, 0.6) is 0 Å². The molecule has 0 radical (unpaired) electrons. The molecule has 0 aliphatic carbocycles. The summed E-state index contributed by atoms with van der Waals surface area (Å²) in [7, 11) is -3.98. The first-order valence-corrected chi connectivity index (χ1v) is 30.5. The zero-order valence-corrected chi connectivity index (χ0v) is 42.2. The quantitative estimate of drug-likeness (QED) is 0.0997. The highest BCUT2D eigenvalue weighted by molar-refractivity contribution is 6.91. The highest BCUT2D eigenvalue weighted by atomic mass is 28.3. The van der Waals surface area contributed by atoms with Crippen LogP contribution in [0.1, 0.15) is 22.3 Å². The molecule has 0 spiro atoms. The molecule has 0 N–H and O–H groups in total.